The average molecular weight is 452 g/mol. The van der Waals surface area contributed by atoms with Gasteiger partial charge in [0.2, 0.25) is 5.90 Å². The Hall–Kier alpha value is -3.26. The molecule has 0 fully saturated rings. The molecule has 0 saturated heterocycles. The fourth-order valence-electron chi connectivity index (χ4n) is 4.28. The van der Waals surface area contributed by atoms with E-state index in [-0.39, 0.29) is 12.1 Å². The summed E-state index contributed by atoms with van der Waals surface area (Å²) < 4.78 is 12.0. The second-order valence-electron chi connectivity index (χ2n) is 7.90. The molecular weight excluding hydrogens is 425 g/mol. The van der Waals surface area contributed by atoms with E-state index in [4.69, 9.17) is 14.5 Å². The monoisotopic (exact) mass is 451 g/mol. The van der Waals surface area contributed by atoms with Crippen LogP contribution >= 0.6 is 7.92 Å². The molecule has 1 heterocycles. The number of nitrogens with zero attached hydrogens (tertiary/aromatic N) is 1. The molecule has 3 nitrogen and oxygen atoms in total. The van der Waals surface area contributed by atoms with Crippen molar-refractivity contribution >= 4 is 29.7 Å². The van der Waals surface area contributed by atoms with E-state index >= 15 is 0 Å². The number of methoxy groups -OCH3 is 1. The summed E-state index contributed by atoms with van der Waals surface area (Å²) in [6.45, 7) is 0.506. The molecule has 0 aromatic heterocycles. The number of benzene rings is 4. The van der Waals surface area contributed by atoms with E-state index in [1.807, 2.05) is 18.2 Å². The molecule has 4 heteroatoms. The van der Waals surface area contributed by atoms with Crippen molar-refractivity contribution in [1.29, 1.82) is 0 Å². The summed E-state index contributed by atoms with van der Waals surface area (Å²) in [6.07, 6.45) is -0.138. The third-order valence-electron chi connectivity index (χ3n) is 5.81. The van der Waals surface area contributed by atoms with E-state index in [2.05, 4.69) is 97.1 Å². The molecular formula is C29H26NO2P. The number of aliphatic imine (C=N–C) groups is 1. The van der Waals surface area contributed by atoms with Crippen molar-refractivity contribution in [2.75, 3.05) is 13.7 Å². The minimum atomic E-state index is -0.752. The van der Waals surface area contributed by atoms with Crippen molar-refractivity contribution in [3.63, 3.8) is 0 Å². The first-order valence-corrected chi connectivity index (χ1v) is 12.5. The maximum atomic E-state index is 6.20. The van der Waals surface area contributed by atoms with Gasteiger partial charge < -0.3 is 9.47 Å². The van der Waals surface area contributed by atoms with E-state index in [1.54, 1.807) is 7.11 Å². The zero-order chi connectivity index (χ0) is 22.5. The molecule has 0 saturated carbocycles. The molecule has 4 aromatic carbocycles. The normalized spacial score (nSPS) is 16.3. The third kappa shape index (κ3) is 4.61. The Kier molecular flexibility index (Phi) is 6.62. The first-order chi connectivity index (χ1) is 16.3. The minimum absolute atomic E-state index is 0.0832. The third-order valence-corrected chi connectivity index (χ3v) is 8.31. The van der Waals surface area contributed by atoms with Gasteiger partial charge in [0.05, 0.1) is 0 Å². The van der Waals surface area contributed by atoms with Gasteiger partial charge in [0, 0.05) is 12.7 Å². The average Bonchev–Trinajstić information content (AvgIpc) is 3.37. The van der Waals surface area contributed by atoms with Crippen molar-refractivity contribution in [1.82, 2.24) is 0 Å². The van der Waals surface area contributed by atoms with Crippen LogP contribution in [0.15, 0.2) is 120 Å². The van der Waals surface area contributed by atoms with Gasteiger partial charge in [-0.2, -0.15) is 0 Å². The fourth-order valence-corrected chi connectivity index (χ4v) is 6.72. The van der Waals surface area contributed by atoms with Gasteiger partial charge in [0.25, 0.3) is 0 Å². The first kappa shape index (κ1) is 21.6. The largest absolute Gasteiger partial charge is 0.475 e. The molecule has 0 radical (unpaired) electrons. The van der Waals surface area contributed by atoms with Crippen LogP contribution in [-0.4, -0.2) is 25.7 Å². The fraction of sp³-hybridized carbons (Fsp3) is 0.138. The summed E-state index contributed by atoms with van der Waals surface area (Å²) in [7, 11) is 0.987. The lowest BCUT2D eigenvalue weighted by Gasteiger charge is -2.22. The molecule has 5 rings (SSSR count). The Balaban J connectivity index is 1.55. The van der Waals surface area contributed by atoms with E-state index in [9.17, 15) is 0 Å². The topological polar surface area (TPSA) is 30.8 Å². The molecule has 0 spiro atoms. The highest BCUT2D eigenvalue weighted by Gasteiger charge is 2.31. The van der Waals surface area contributed by atoms with Gasteiger partial charge in [-0.25, -0.2) is 4.99 Å². The van der Waals surface area contributed by atoms with Gasteiger partial charge >= 0.3 is 0 Å². The van der Waals surface area contributed by atoms with E-state index < -0.39 is 7.92 Å². The van der Waals surface area contributed by atoms with Gasteiger partial charge in [-0.15, -0.1) is 0 Å². The summed E-state index contributed by atoms with van der Waals surface area (Å²) in [6, 6.07) is 40.1. The number of rotatable bonds is 7. The Morgan fingerprint density at radius 2 is 1.30 bits per heavy atom. The van der Waals surface area contributed by atoms with Gasteiger partial charge in [0.1, 0.15) is 18.8 Å². The van der Waals surface area contributed by atoms with Crippen molar-refractivity contribution in [3.8, 4) is 0 Å². The Bertz CT molecular complexity index is 1170. The Labute approximate surface area is 196 Å². The number of hydrogen-bond acceptors (Lipinski definition) is 3. The molecule has 33 heavy (non-hydrogen) atoms. The standard InChI is InChI=1S/C29H26NO2P/c1-31-28(22-13-5-2-6-14-22)26-21-32-29(30-26)25-19-11-12-20-27(25)33(23-15-7-3-8-16-23)24-17-9-4-10-18-24/h2-20,26,28H,21H2,1H3/t26-,28-/m1/s1. The second-order valence-corrected chi connectivity index (χ2v) is 10.1. The molecule has 2 atom stereocenters. The predicted molar refractivity (Wildman–Crippen MR) is 138 cm³/mol. The SMILES string of the molecule is CO[C@H](c1ccccc1)[C@H]1COC(c2ccccc2P(c2ccccc2)c2ccccc2)=N1. The predicted octanol–water partition coefficient (Wildman–Crippen LogP) is 4.98. The van der Waals surface area contributed by atoms with Gasteiger partial charge in [0.15, 0.2) is 0 Å². The highest BCUT2D eigenvalue weighted by Crippen LogP contribution is 2.35. The first-order valence-electron chi connectivity index (χ1n) is 11.1. The molecule has 1 aliphatic heterocycles. The van der Waals surface area contributed by atoms with Crippen molar-refractivity contribution < 1.29 is 9.47 Å². The molecule has 0 aliphatic carbocycles. The molecule has 4 aromatic rings. The van der Waals surface area contributed by atoms with Crippen LogP contribution in [0.1, 0.15) is 17.2 Å². The highest BCUT2D eigenvalue weighted by atomic mass is 31.1. The number of ether oxygens (including phenoxy) is 2. The summed E-state index contributed by atoms with van der Waals surface area (Å²) in [5.41, 5.74) is 2.17. The summed E-state index contributed by atoms with van der Waals surface area (Å²) >= 11 is 0. The minimum Gasteiger partial charge on any atom is -0.475 e. The van der Waals surface area contributed by atoms with Crippen LogP contribution in [-0.2, 0) is 9.47 Å². The summed E-state index contributed by atoms with van der Waals surface area (Å²) in [4.78, 5) is 5.02. The molecule has 0 unspecified atom stereocenters. The van der Waals surface area contributed by atoms with Crippen LogP contribution in [0, 0.1) is 0 Å². The van der Waals surface area contributed by atoms with E-state index in [1.165, 1.54) is 15.9 Å². The zero-order valence-corrected chi connectivity index (χ0v) is 19.4. The Morgan fingerprint density at radius 1 is 0.758 bits per heavy atom. The molecule has 0 bridgehead atoms. The van der Waals surface area contributed by atoms with Gasteiger partial charge in [-0.3, -0.25) is 0 Å². The van der Waals surface area contributed by atoms with Crippen LogP contribution in [0.2, 0.25) is 0 Å². The number of hydrogen-bond donors (Lipinski definition) is 0. The van der Waals surface area contributed by atoms with Crippen molar-refractivity contribution in [2.24, 2.45) is 4.99 Å². The maximum absolute atomic E-state index is 6.20. The molecule has 164 valence electrons. The van der Waals surface area contributed by atoms with E-state index in [0.29, 0.717) is 12.5 Å². The van der Waals surface area contributed by atoms with Crippen LogP contribution in [0.5, 0.6) is 0 Å². The van der Waals surface area contributed by atoms with E-state index in [0.717, 1.165) is 11.1 Å². The maximum Gasteiger partial charge on any atom is 0.217 e. The summed E-state index contributed by atoms with van der Waals surface area (Å²) in [5.74, 6) is 0.702. The lowest BCUT2D eigenvalue weighted by molar-refractivity contribution is 0.0718. The quantitative estimate of drug-likeness (QED) is 0.371. The van der Waals surface area contributed by atoms with Crippen LogP contribution in [0.25, 0.3) is 0 Å². The molecule has 0 amide bonds. The second kappa shape index (κ2) is 10.1. The van der Waals surface area contributed by atoms with Crippen LogP contribution in [0.3, 0.4) is 0 Å². The smallest absolute Gasteiger partial charge is 0.217 e. The van der Waals surface area contributed by atoms with Crippen molar-refractivity contribution in [3.05, 3.63) is 126 Å². The molecule has 0 N–H and O–H groups in total. The van der Waals surface area contributed by atoms with Crippen molar-refractivity contribution in [2.45, 2.75) is 12.1 Å². The summed E-state index contributed by atoms with van der Waals surface area (Å²) in [5, 5.41) is 3.86. The lowest BCUT2D eigenvalue weighted by atomic mass is 10.0. The van der Waals surface area contributed by atoms with Crippen LogP contribution in [0.4, 0.5) is 0 Å². The Morgan fingerprint density at radius 3 is 1.91 bits per heavy atom. The zero-order valence-electron chi connectivity index (χ0n) is 18.5. The van der Waals surface area contributed by atoms with Gasteiger partial charge in [-0.1, -0.05) is 109 Å². The molecule has 1 aliphatic rings. The lowest BCUT2D eigenvalue weighted by Crippen LogP contribution is -2.25. The highest BCUT2D eigenvalue weighted by molar-refractivity contribution is 7.80. The van der Waals surface area contributed by atoms with Crippen LogP contribution < -0.4 is 15.9 Å². The van der Waals surface area contributed by atoms with Gasteiger partial charge in [-0.05, 0) is 35.5 Å².